The Morgan fingerprint density at radius 1 is 1.06 bits per heavy atom. The number of hydrogen-bond acceptors (Lipinski definition) is 5. The molecule has 0 saturated carbocycles. The third kappa shape index (κ3) is 4.64. The molecule has 0 bridgehead atoms. The zero-order valence-electron chi connectivity index (χ0n) is 18.4. The smallest absolute Gasteiger partial charge is 0.253 e. The second kappa shape index (κ2) is 9.35. The van der Waals surface area contributed by atoms with Crippen molar-refractivity contribution in [3.63, 3.8) is 0 Å². The highest BCUT2D eigenvalue weighted by Gasteiger charge is 2.25. The number of benzene rings is 2. The van der Waals surface area contributed by atoms with E-state index in [9.17, 15) is 4.79 Å². The Balaban J connectivity index is 1.55. The topological polar surface area (TPSA) is 63.7 Å². The van der Waals surface area contributed by atoms with Crippen molar-refractivity contribution in [3.05, 3.63) is 65.4 Å². The van der Waals surface area contributed by atoms with Crippen molar-refractivity contribution >= 4 is 16.8 Å². The molecule has 162 valence electrons. The van der Waals surface area contributed by atoms with E-state index >= 15 is 0 Å². The first-order valence-corrected chi connectivity index (χ1v) is 10.7. The molecule has 31 heavy (non-hydrogen) atoms. The first-order chi connectivity index (χ1) is 15.1. The molecule has 1 aliphatic rings. The lowest BCUT2D eigenvalue weighted by Crippen LogP contribution is -2.37. The number of hydrogen-bond donors (Lipinski definition) is 1. The summed E-state index contributed by atoms with van der Waals surface area (Å²) in [7, 11) is 3.31. The molecule has 0 aliphatic carbocycles. The van der Waals surface area contributed by atoms with Crippen LogP contribution in [0.4, 0.5) is 0 Å². The molecule has 1 unspecified atom stereocenters. The summed E-state index contributed by atoms with van der Waals surface area (Å²) in [5.74, 6) is 1.48. The number of pyridine rings is 1. The number of methoxy groups -OCH3 is 2. The molecule has 1 atom stereocenters. The second-order valence-electron chi connectivity index (χ2n) is 7.93. The number of likely N-dealkylation sites (tertiary alicyclic amines) is 1. The van der Waals surface area contributed by atoms with Gasteiger partial charge in [-0.05, 0) is 68.8 Å². The van der Waals surface area contributed by atoms with Gasteiger partial charge in [-0.2, -0.15) is 0 Å². The van der Waals surface area contributed by atoms with Gasteiger partial charge in [0, 0.05) is 18.0 Å². The number of fused-ring (bicyclic) bond motifs is 1. The minimum absolute atomic E-state index is 0.102. The number of ether oxygens (including phenoxy) is 2. The lowest BCUT2D eigenvalue weighted by Gasteiger charge is -2.28. The van der Waals surface area contributed by atoms with Crippen LogP contribution in [0.5, 0.6) is 11.5 Å². The zero-order valence-corrected chi connectivity index (χ0v) is 18.4. The van der Waals surface area contributed by atoms with E-state index in [1.54, 1.807) is 14.2 Å². The van der Waals surface area contributed by atoms with Crippen LogP contribution in [0.25, 0.3) is 10.9 Å². The number of nitrogens with one attached hydrogen (secondary N) is 1. The minimum Gasteiger partial charge on any atom is -0.497 e. The van der Waals surface area contributed by atoms with Crippen LogP contribution in [0.2, 0.25) is 0 Å². The Bertz CT molecular complexity index is 1080. The van der Waals surface area contributed by atoms with E-state index in [2.05, 4.69) is 27.3 Å². The van der Waals surface area contributed by atoms with Crippen molar-refractivity contribution in [2.75, 3.05) is 33.9 Å². The lowest BCUT2D eigenvalue weighted by atomic mass is 10.0. The summed E-state index contributed by atoms with van der Waals surface area (Å²) in [6.45, 7) is 4.48. The highest BCUT2D eigenvalue weighted by Crippen LogP contribution is 2.27. The highest BCUT2D eigenvalue weighted by atomic mass is 16.5. The van der Waals surface area contributed by atoms with Crippen LogP contribution in [-0.2, 0) is 0 Å². The van der Waals surface area contributed by atoms with Gasteiger partial charge in [-0.25, -0.2) is 0 Å². The SMILES string of the molecule is COc1cccc(C(CNC(=O)c2cc3ccc(OC)cc3nc2C)N2CCCC2)c1. The van der Waals surface area contributed by atoms with E-state index in [1.165, 1.54) is 12.8 Å². The Morgan fingerprint density at radius 2 is 1.81 bits per heavy atom. The van der Waals surface area contributed by atoms with E-state index < -0.39 is 0 Å². The van der Waals surface area contributed by atoms with Crippen molar-refractivity contribution in [2.24, 2.45) is 0 Å². The van der Waals surface area contributed by atoms with Crippen LogP contribution in [0.1, 0.15) is 40.5 Å². The largest absolute Gasteiger partial charge is 0.497 e. The maximum atomic E-state index is 13.1. The number of carbonyl (C=O) groups is 1. The first kappa shape index (κ1) is 21.1. The Hall–Kier alpha value is -3.12. The maximum absolute atomic E-state index is 13.1. The summed E-state index contributed by atoms with van der Waals surface area (Å²) in [5, 5.41) is 4.07. The molecule has 1 saturated heterocycles. The zero-order chi connectivity index (χ0) is 21.8. The average Bonchev–Trinajstić information content (AvgIpc) is 3.33. The fourth-order valence-corrected chi connectivity index (χ4v) is 4.24. The van der Waals surface area contributed by atoms with Crippen molar-refractivity contribution in [3.8, 4) is 11.5 Å². The highest BCUT2D eigenvalue weighted by molar-refractivity contribution is 5.98. The molecule has 6 heteroatoms. The van der Waals surface area contributed by atoms with Gasteiger partial charge in [0.15, 0.2) is 0 Å². The quantitative estimate of drug-likeness (QED) is 0.624. The molecule has 3 aromatic rings. The van der Waals surface area contributed by atoms with Crippen molar-refractivity contribution in [1.82, 2.24) is 15.2 Å². The van der Waals surface area contributed by atoms with Crippen LogP contribution in [0.15, 0.2) is 48.5 Å². The van der Waals surface area contributed by atoms with Crippen LogP contribution in [-0.4, -0.2) is 49.6 Å². The molecule has 2 heterocycles. The molecular formula is C25H29N3O3. The monoisotopic (exact) mass is 419 g/mol. The molecular weight excluding hydrogens is 390 g/mol. The number of amides is 1. The van der Waals surface area contributed by atoms with Gasteiger partial charge in [-0.15, -0.1) is 0 Å². The number of rotatable bonds is 7. The molecule has 6 nitrogen and oxygen atoms in total. The van der Waals surface area contributed by atoms with Gasteiger partial charge in [0.25, 0.3) is 5.91 Å². The molecule has 1 aliphatic heterocycles. The molecule has 1 aromatic heterocycles. The van der Waals surface area contributed by atoms with E-state index in [4.69, 9.17) is 9.47 Å². The van der Waals surface area contributed by atoms with Crippen molar-refractivity contribution in [2.45, 2.75) is 25.8 Å². The fraction of sp³-hybridized carbons (Fsp3) is 0.360. The summed E-state index contributed by atoms with van der Waals surface area (Å²) in [4.78, 5) is 20.1. The van der Waals surface area contributed by atoms with Crippen LogP contribution in [0, 0.1) is 6.92 Å². The third-order valence-corrected chi connectivity index (χ3v) is 5.98. The Labute approximate surface area is 183 Å². The number of aromatic nitrogens is 1. The number of aryl methyl sites for hydroxylation is 1. The minimum atomic E-state index is -0.102. The Morgan fingerprint density at radius 3 is 2.55 bits per heavy atom. The third-order valence-electron chi connectivity index (χ3n) is 5.98. The first-order valence-electron chi connectivity index (χ1n) is 10.7. The summed E-state index contributed by atoms with van der Waals surface area (Å²) >= 11 is 0. The van der Waals surface area contributed by atoms with Crippen molar-refractivity contribution in [1.29, 1.82) is 0 Å². The van der Waals surface area contributed by atoms with E-state index in [0.717, 1.165) is 41.1 Å². The van der Waals surface area contributed by atoms with Crippen LogP contribution in [0.3, 0.4) is 0 Å². The standard InChI is InChI=1S/C25H29N3O3/c1-17-22(14-18-9-10-21(31-3)15-23(18)27-17)25(29)26-16-24(28-11-4-5-12-28)19-7-6-8-20(13-19)30-2/h6-10,13-15,24H,4-5,11-12,16H2,1-3H3,(H,26,29). The second-order valence-corrected chi connectivity index (χ2v) is 7.93. The fourth-order valence-electron chi connectivity index (χ4n) is 4.24. The van der Waals surface area contributed by atoms with Crippen molar-refractivity contribution < 1.29 is 14.3 Å². The van der Waals surface area contributed by atoms with E-state index in [0.29, 0.717) is 17.8 Å². The van der Waals surface area contributed by atoms with Gasteiger partial charge < -0.3 is 14.8 Å². The van der Waals surface area contributed by atoms with Gasteiger partial charge >= 0.3 is 0 Å². The van der Waals surface area contributed by atoms with E-state index in [1.807, 2.05) is 43.3 Å². The van der Waals surface area contributed by atoms with Gasteiger partial charge in [-0.3, -0.25) is 14.7 Å². The summed E-state index contributed by atoms with van der Waals surface area (Å²) < 4.78 is 10.7. The Kier molecular flexibility index (Phi) is 6.37. The normalized spacial score (nSPS) is 15.1. The number of carbonyl (C=O) groups excluding carboxylic acids is 1. The van der Waals surface area contributed by atoms with Crippen LogP contribution < -0.4 is 14.8 Å². The maximum Gasteiger partial charge on any atom is 0.253 e. The van der Waals surface area contributed by atoms with Gasteiger partial charge in [0.2, 0.25) is 0 Å². The summed E-state index contributed by atoms with van der Waals surface area (Å²) in [6.07, 6.45) is 2.37. The predicted molar refractivity (Wildman–Crippen MR) is 122 cm³/mol. The molecule has 1 N–H and O–H groups in total. The van der Waals surface area contributed by atoms with Crippen LogP contribution >= 0.6 is 0 Å². The average molecular weight is 420 g/mol. The summed E-state index contributed by atoms with van der Waals surface area (Å²) in [5.41, 5.74) is 3.28. The molecule has 2 aromatic carbocycles. The molecule has 0 spiro atoms. The molecule has 1 fully saturated rings. The summed E-state index contributed by atoms with van der Waals surface area (Å²) in [6, 6.07) is 15.8. The van der Waals surface area contributed by atoms with E-state index in [-0.39, 0.29) is 11.9 Å². The van der Waals surface area contributed by atoms with Gasteiger partial charge in [0.1, 0.15) is 11.5 Å². The van der Waals surface area contributed by atoms with Gasteiger partial charge in [-0.1, -0.05) is 12.1 Å². The lowest BCUT2D eigenvalue weighted by molar-refractivity contribution is 0.0937. The molecule has 1 amide bonds. The van der Waals surface area contributed by atoms with Gasteiger partial charge in [0.05, 0.1) is 37.0 Å². The predicted octanol–water partition coefficient (Wildman–Crippen LogP) is 4.13. The number of nitrogens with zero attached hydrogens (tertiary/aromatic N) is 2. The molecule has 4 rings (SSSR count). The molecule has 0 radical (unpaired) electrons.